The van der Waals surface area contributed by atoms with Gasteiger partial charge in [0.25, 0.3) is 0 Å². The van der Waals surface area contributed by atoms with Gasteiger partial charge in [-0.15, -0.1) is 0 Å². The molecule has 3 aliphatic rings. The van der Waals surface area contributed by atoms with E-state index < -0.39 is 10.0 Å². The normalized spacial score (nSPS) is 22.6. The lowest BCUT2D eigenvalue weighted by Crippen LogP contribution is -2.38. The van der Waals surface area contributed by atoms with Crippen LogP contribution in [0.3, 0.4) is 0 Å². The van der Waals surface area contributed by atoms with Crippen molar-refractivity contribution in [1.29, 1.82) is 0 Å². The molecule has 1 N–H and O–H groups in total. The fraction of sp³-hybridized carbons (Fsp3) is 0.682. The van der Waals surface area contributed by atoms with E-state index in [2.05, 4.69) is 10.2 Å². The molecule has 1 saturated carbocycles. The lowest BCUT2D eigenvalue weighted by atomic mass is 10.1. The fourth-order valence-electron chi connectivity index (χ4n) is 4.43. The molecule has 1 aliphatic carbocycles. The molecule has 172 valence electrons. The van der Waals surface area contributed by atoms with Crippen molar-refractivity contribution in [2.24, 2.45) is 5.92 Å². The van der Waals surface area contributed by atoms with Gasteiger partial charge in [-0.2, -0.15) is 4.31 Å². The number of nitrogens with one attached hydrogen (secondary N) is 1. The number of hydrogen-bond donors (Lipinski definition) is 1. The first kappa shape index (κ1) is 22.5. The zero-order valence-electron chi connectivity index (χ0n) is 18.2. The first-order valence-corrected chi connectivity index (χ1v) is 12.7. The number of rotatable bonds is 9. The molecule has 0 aromatic heterocycles. The van der Waals surface area contributed by atoms with Crippen LogP contribution < -0.4 is 10.1 Å². The maximum atomic E-state index is 13.2. The van der Waals surface area contributed by atoms with Crippen molar-refractivity contribution in [3.8, 4) is 5.75 Å². The predicted molar refractivity (Wildman–Crippen MR) is 118 cm³/mol. The van der Waals surface area contributed by atoms with E-state index in [1.165, 1.54) is 17.5 Å². The Kier molecular flexibility index (Phi) is 7.15. The van der Waals surface area contributed by atoms with Gasteiger partial charge < -0.3 is 14.8 Å². The van der Waals surface area contributed by atoms with Crippen LogP contribution in [0.4, 0.5) is 5.69 Å². The Hall–Kier alpha value is -1.68. The van der Waals surface area contributed by atoms with Gasteiger partial charge in [0.2, 0.25) is 15.9 Å². The number of nitrogens with zero attached hydrogens (tertiary/aromatic N) is 2. The van der Waals surface area contributed by atoms with Crippen LogP contribution in [0.25, 0.3) is 0 Å². The third-order valence-corrected chi connectivity index (χ3v) is 8.23. The van der Waals surface area contributed by atoms with Gasteiger partial charge in [-0.05, 0) is 56.2 Å². The number of hydrogen-bond acceptors (Lipinski definition) is 6. The van der Waals surface area contributed by atoms with Crippen molar-refractivity contribution in [3.05, 3.63) is 18.2 Å². The number of carbonyl (C=O) groups is 1. The Morgan fingerprint density at radius 1 is 1.23 bits per heavy atom. The summed E-state index contributed by atoms with van der Waals surface area (Å²) in [4.78, 5) is 15.1. The number of anilines is 1. The number of benzene rings is 1. The summed E-state index contributed by atoms with van der Waals surface area (Å²) >= 11 is 0. The number of ether oxygens (including phenoxy) is 2. The molecule has 1 unspecified atom stereocenters. The Balaban J connectivity index is 1.45. The van der Waals surface area contributed by atoms with Gasteiger partial charge in [0, 0.05) is 38.0 Å². The third-order valence-electron chi connectivity index (χ3n) is 6.31. The highest BCUT2D eigenvalue weighted by Crippen LogP contribution is 2.32. The highest BCUT2D eigenvalue weighted by molar-refractivity contribution is 7.89. The minimum atomic E-state index is -3.67. The molecule has 0 bridgehead atoms. The number of methoxy groups -OCH3 is 1. The first-order chi connectivity index (χ1) is 15.0. The minimum absolute atomic E-state index is 0.108. The fourth-order valence-corrected chi connectivity index (χ4v) is 6.13. The Bertz CT molecular complexity index is 875. The lowest BCUT2D eigenvalue weighted by molar-refractivity contribution is -0.117. The van der Waals surface area contributed by atoms with Crippen LogP contribution >= 0.6 is 0 Å². The van der Waals surface area contributed by atoms with Crippen LogP contribution in [0.15, 0.2) is 23.1 Å². The van der Waals surface area contributed by atoms with Gasteiger partial charge in [0.05, 0.1) is 20.3 Å². The molecule has 1 aromatic rings. The van der Waals surface area contributed by atoms with Crippen molar-refractivity contribution in [3.63, 3.8) is 0 Å². The van der Waals surface area contributed by atoms with Crippen LogP contribution in [0.2, 0.25) is 0 Å². The van der Waals surface area contributed by atoms with Crippen molar-refractivity contribution in [2.75, 3.05) is 51.8 Å². The molecule has 0 spiro atoms. The van der Waals surface area contributed by atoms with Crippen LogP contribution in [0.1, 0.15) is 38.5 Å². The SMILES string of the molecule is COc1ccc(NC(=O)CN(CC2CCOC2)C2CC2)cc1S(=O)(=O)N1CCCCC1. The van der Waals surface area contributed by atoms with Crippen molar-refractivity contribution in [2.45, 2.75) is 49.5 Å². The van der Waals surface area contributed by atoms with Crippen molar-refractivity contribution < 1.29 is 22.7 Å². The third kappa shape index (κ3) is 5.58. The van der Waals surface area contributed by atoms with E-state index in [0.717, 1.165) is 58.3 Å². The molecule has 2 saturated heterocycles. The van der Waals surface area contributed by atoms with E-state index in [1.807, 2.05) is 0 Å². The molecule has 2 aliphatic heterocycles. The topological polar surface area (TPSA) is 88.2 Å². The molecule has 3 fully saturated rings. The van der Waals surface area contributed by atoms with E-state index in [0.29, 0.717) is 43.0 Å². The van der Waals surface area contributed by atoms with E-state index >= 15 is 0 Å². The van der Waals surface area contributed by atoms with Crippen molar-refractivity contribution >= 4 is 21.6 Å². The van der Waals surface area contributed by atoms with Gasteiger partial charge in [0.15, 0.2) is 0 Å². The number of piperidine rings is 1. The molecule has 0 radical (unpaired) electrons. The molecular weight excluding hydrogens is 418 g/mol. The smallest absolute Gasteiger partial charge is 0.246 e. The highest BCUT2D eigenvalue weighted by atomic mass is 32.2. The molecule has 31 heavy (non-hydrogen) atoms. The standard InChI is InChI=1S/C22H33N3O5S/c1-29-20-8-5-18(13-21(20)31(27,28)25-10-3-2-4-11-25)23-22(26)15-24(19-6-7-19)14-17-9-12-30-16-17/h5,8,13,17,19H,2-4,6-7,9-12,14-16H2,1H3,(H,23,26). The quantitative estimate of drug-likeness (QED) is 0.620. The Morgan fingerprint density at radius 2 is 2.00 bits per heavy atom. The zero-order chi connectivity index (χ0) is 21.8. The molecule has 4 rings (SSSR count). The maximum Gasteiger partial charge on any atom is 0.246 e. The highest BCUT2D eigenvalue weighted by Gasteiger charge is 2.33. The molecule has 9 heteroatoms. The van der Waals surface area contributed by atoms with E-state index in [-0.39, 0.29) is 10.8 Å². The Labute approximate surface area is 184 Å². The summed E-state index contributed by atoms with van der Waals surface area (Å²) in [5.41, 5.74) is 0.473. The molecule has 2 heterocycles. The summed E-state index contributed by atoms with van der Waals surface area (Å²) in [6.45, 7) is 3.78. The molecule has 1 amide bonds. The zero-order valence-corrected chi connectivity index (χ0v) is 19.0. The summed E-state index contributed by atoms with van der Waals surface area (Å²) < 4.78 is 38.7. The summed E-state index contributed by atoms with van der Waals surface area (Å²) in [6.07, 6.45) is 6.07. The second-order valence-corrected chi connectivity index (χ2v) is 10.7. The van der Waals surface area contributed by atoms with E-state index in [1.54, 1.807) is 12.1 Å². The lowest BCUT2D eigenvalue weighted by Gasteiger charge is -2.27. The van der Waals surface area contributed by atoms with Gasteiger partial charge in [-0.25, -0.2) is 8.42 Å². The van der Waals surface area contributed by atoms with Gasteiger partial charge in [-0.1, -0.05) is 6.42 Å². The minimum Gasteiger partial charge on any atom is -0.495 e. The second-order valence-electron chi connectivity index (χ2n) is 8.77. The maximum absolute atomic E-state index is 13.2. The largest absolute Gasteiger partial charge is 0.495 e. The average molecular weight is 452 g/mol. The molecule has 1 atom stereocenters. The van der Waals surface area contributed by atoms with Gasteiger partial charge in [0.1, 0.15) is 10.6 Å². The first-order valence-electron chi connectivity index (χ1n) is 11.3. The Morgan fingerprint density at radius 3 is 2.65 bits per heavy atom. The summed E-state index contributed by atoms with van der Waals surface area (Å²) in [6, 6.07) is 5.30. The van der Waals surface area contributed by atoms with E-state index in [4.69, 9.17) is 9.47 Å². The van der Waals surface area contributed by atoms with Gasteiger partial charge in [-0.3, -0.25) is 9.69 Å². The number of carbonyl (C=O) groups excluding carboxylic acids is 1. The second kappa shape index (κ2) is 9.85. The van der Waals surface area contributed by atoms with Crippen LogP contribution in [-0.2, 0) is 19.6 Å². The summed E-state index contributed by atoms with van der Waals surface area (Å²) in [5, 5.41) is 2.90. The van der Waals surface area contributed by atoms with Crippen LogP contribution in [0.5, 0.6) is 5.75 Å². The van der Waals surface area contributed by atoms with Gasteiger partial charge >= 0.3 is 0 Å². The van der Waals surface area contributed by atoms with E-state index in [9.17, 15) is 13.2 Å². The molecular formula is C22H33N3O5S. The van der Waals surface area contributed by atoms with Crippen LogP contribution in [0, 0.1) is 5.92 Å². The number of sulfonamides is 1. The van der Waals surface area contributed by atoms with Crippen LogP contribution in [-0.4, -0.2) is 76.1 Å². The average Bonchev–Trinajstić information content (AvgIpc) is 3.50. The van der Waals surface area contributed by atoms with Crippen molar-refractivity contribution in [1.82, 2.24) is 9.21 Å². The molecule has 8 nitrogen and oxygen atoms in total. The monoisotopic (exact) mass is 451 g/mol. The summed E-state index contributed by atoms with van der Waals surface area (Å²) in [7, 11) is -2.21. The number of amides is 1. The summed E-state index contributed by atoms with van der Waals surface area (Å²) in [5.74, 6) is 0.650. The predicted octanol–water partition coefficient (Wildman–Crippen LogP) is 2.31. The molecule has 1 aromatic carbocycles.